The summed E-state index contributed by atoms with van der Waals surface area (Å²) in [5.41, 5.74) is 1.10. The number of guanidine groups is 1. The van der Waals surface area contributed by atoms with Crippen LogP contribution in [-0.4, -0.2) is 43.8 Å². The Labute approximate surface area is 152 Å². The van der Waals surface area contributed by atoms with Crippen molar-refractivity contribution in [2.75, 3.05) is 26.7 Å². The second-order valence-electron chi connectivity index (χ2n) is 5.86. The lowest BCUT2D eigenvalue weighted by Gasteiger charge is -2.27. The minimum absolute atomic E-state index is 0.0354. The van der Waals surface area contributed by atoms with Crippen LogP contribution in [0.4, 0.5) is 0 Å². The molecule has 2 aromatic rings. The second-order valence-corrected chi connectivity index (χ2v) is 6.81. The molecular formula is C18H24N4O2S. The summed E-state index contributed by atoms with van der Waals surface area (Å²) in [5.74, 6) is 2.37. The average molecular weight is 360 g/mol. The number of aliphatic imine (C=N–C) groups is 1. The zero-order chi connectivity index (χ0) is 17.5. The molecule has 1 unspecified atom stereocenters. The predicted molar refractivity (Wildman–Crippen MR) is 101 cm³/mol. The lowest BCUT2D eigenvalue weighted by Crippen LogP contribution is -2.45. The molecule has 1 aliphatic heterocycles. The molecule has 0 saturated carbocycles. The fourth-order valence-electron chi connectivity index (χ4n) is 2.56. The summed E-state index contributed by atoms with van der Waals surface area (Å²) in [5, 5.41) is 9.90. The van der Waals surface area contributed by atoms with Gasteiger partial charge in [-0.25, -0.2) is 4.98 Å². The SMILES string of the molecule is CN=C(NCCCc1nc(C)cs1)NCC1COc2ccccc2O1. The highest BCUT2D eigenvalue weighted by atomic mass is 32.1. The predicted octanol–water partition coefficient (Wildman–Crippen LogP) is 2.39. The molecule has 1 atom stereocenters. The van der Waals surface area contributed by atoms with Crippen molar-refractivity contribution in [2.24, 2.45) is 4.99 Å². The van der Waals surface area contributed by atoms with E-state index in [2.05, 4.69) is 26.0 Å². The zero-order valence-corrected chi connectivity index (χ0v) is 15.4. The smallest absolute Gasteiger partial charge is 0.191 e. The minimum atomic E-state index is -0.0354. The molecule has 0 fully saturated rings. The minimum Gasteiger partial charge on any atom is -0.486 e. The van der Waals surface area contributed by atoms with E-state index in [0.29, 0.717) is 13.2 Å². The molecule has 0 bridgehead atoms. The molecule has 3 rings (SSSR count). The maximum atomic E-state index is 5.94. The van der Waals surface area contributed by atoms with Gasteiger partial charge in [0.25, 0.3) is 0 Å². The number of hydrogen-bond acceptors (Lipinski definition) is 5. The van der Waals surface area contributed by atoms with Crippen LogP contribution in [0.25, 0.3) is 0 Å². The maximum absolute atomic E-state index is 5.94. The van der Waals surface area contributed by atoms with E-state index < -0.39 is 0 Å². The van der Waals surface area contributed by atoms with Crippen molar-refractivity contribution < 1.29 is 9.47 Å². The Morgan fingerprint density at radius 1 is 1.32 bits per heavy atom. The van der Waals surface area contributed by atoms with Crippen molar-refractivity contribution in [3.63, 3.8) is 0 Å². The number of nitrogens with zero attached hydrogens (tertiary/aromatic N) is 2. The first kappa shape index (κ1) is 17.5. The van der Waals surface area contributed by atoms with Crippen molar-refractivity contribution in [1.82, 2.24) is 15.6 Å². The van der Waals surface area contributed by atoms with Crippen LogP contribution in [0, 0.1) is 6.92 Å². The van der Waals surface area contributed by atoms with Crippen molar-refractivity contribution in [3.05, 3.63) is 40.3 Å². The van der Waals surface area contributed by atoms with Crippen molar-refractivity contribution in [1.29, 1.82) is 0 Å². The molecule has 2 N–H and O–H groups in total. The average Bonchev–Trinajstić information content (AvgIpc) is 3.06. The molecule has 7 heteroatoms. The first-order valence-electron chi connectivity index (χ1n) is 8.48. The highest BCUT2D eigenvalue weighted by Gasteiger charge is 2.20. The first-order chi connectivity index (χ1) is 12.2. The molecule has 6 nitrogen and oxygen atoms in total. The van der Waals surface area contributed by atoms with Crippen LogP contribution in [0.3, 0.4) is 0 Å². The van der Waals surface area contributed by atoms with Gasteiger partial charge in [0.05, 0.1) is 11.6 Å². The van der Waals surface area contributed by atoms with Gasteiger partial charge in [0.2, 0.25) is 0 Å². The van der Waals surface area contributed by atoms with Crippen LogP contribution in [0.5, 0.6) is 11.5 Å². The van der Waals surface area contributed by atoms with Crippen molar-refractivity contribution in [2.45, 2.75) is 25.9 Å². The van der Waals surface area contributed by atoms with Gasteiger partial charge in [0, 0.05) is 31.1 Å². The third-order valence-electron chi connectivity index (χ3n) is 3.81. The van der Waals surface area contributed by atoms with Gasteiger partial charge < -0.3 is 20.1 Å². The molecular weight excluding hydrogens is 336 g/mol. The molecule has 0 aliphatic carbocycles. The molecule has 1 aliphatic rings. The highest BCUT2D eigenvalue weighted by molar-refractivity contribution is 7.09. The van der Waals surface area contributed by atoms with E-state index in [0.717, 1.165) is 42.5 Å². The van der Waals surface area contributed by atoms with E-state index in [9.17, 15) is 0 Å². The summed E-state index contributed by atoms with van der Waals surface area (Å²) < 4.78 is 11.7. The number of benzene rings is 1. The number of hydrogen-bond donors (Lipinski definition) is 2. The Kier molecular flexibility index (Phi) is 6.11. The summed E-state index contributed by atoms with van der Waals surface area (Å²) in [6.07, 6.45) is 1.97. The van der Waals surface area contributed by atoms with E-state index in [1.54, 1.807) is 18.4 Å². The Morgan fingerprint density at radius 2 is 2.16 bits per heavy atom. The summed E-state index contributed by atoms with van der Waals surface area (Å²) >= 11 is 1.72. The molecule has 0 saturated heterocycles. The standard InChI is InChI=1S/C18H24N4O2S/c1-13-12-25-17(22-13)8-5-9-20-18(19-2)21-10-14-11-23-15-6-3-4-7-16(15)24-14/h3-4,6-7,12,14H,5,8-11H2,1-2H3,(H2,19,20,21). The van der Waals surface area contributed by atoms with E-state index in [4.69, 9.17) is 9.47 Å². The van der Waals surface area contributed by atoms with E-state index in [1.807, 2.05) is 31.2 Å². The third-order valence-corrected chi connectivity index (χ3v) is 4.84. The zero-order valence-electron chi connectivity index (χ0n) is 14.6. The van der Waals surface area contributed by atoms with Gasteiger partial charge in [-0.2, -0.15) is 0 Å². The number of ether oxygens (including phenoxy) is 2. The van der Waals surface area contributed by atoms with Gasteiger partial charge in [0.15, 0.2) is 17.5 Å². The molecule has 134 valence electrons. The van der Waals surface area contributed by atoms with Crippen LogP contribution in [-0.2, 0) is 6.42 Å². The Bertz CT molecular complexity index is 717. The molecule has 0 amide bonds. The summed E-state index contributed by atoms with van der Waals surface area (Å²) in [6.45, 7) is 4.05. The number of rotatable bonds is 6. The number of para-hydroxylation sites is 2. The van der Waals surface area contributed by atoms with Gasteiger partial charge in [0.1, 0.15) is 12.7 Å². The molecule has 25 heavy (non-hydrogen) atoms. The monoisotopic (exact) mass is 360 g/mol. The Balaban J connectivity index is 1.37. The Hall–Kier alpha value is -2.28. The normalized spacial score (nSPS) is 16.6. The quantitative estimate of drug-likeness (QED) is 0.470. The van der Waals surface area contributed by atoms with Crippen molar-refractivity contribution >= 4 is 17.3 Å². The number of aryl methyl sites for hydroxylation is 2. The Morgan fingerprint density at radius 3 is 2.92 bits per heavy atom. The van der Waals surface area contributed by atoms with Crippen LogP contribution < -0.4 is 20.1 Å². The summed E-state index contributed by atoms with van der Waals surface area (Å²) in [7, 11) is 1.77. The topological polar surface area (TPSA) is 67.8 Å². The van der Waals surface area contributed by atoms with Crippen molar-refractivity contribution in [3.8, 4) is 11.5 Å². The molecule has 0 spiro atoms. The lowest BCUT2D eigenvalue weighted by molar-refractivity contribution is 0.0936. The number of nitrogens with one attached hydrogen (secondary N) is 2. The summed E-state index contributed by atoms with van der Waals surface area (Å²) in [6, 6.07) is 7.74. The van der Waals surface area contributed by atoms with Gasteiger partial charge >= 0.3 is 0 Å². The third kappa shape index (κ3) is 5.09. The molecule has 1 aromatic heterocycles. The van der Waals surface area contributed by atoms with Crippen LogP contribution in [0.2, 0.25) is 0 Å². The van der Waals surface area contributed by atoms with E-state index in [-0.39, 0.29) is 6.10 Å². The largest absolute Gasteiger partial charge is 0.486 e. The van der Waals surface area contributed by atoms with E-state index in [1.165, 1.54) is 5.01 Å². The van der Waals surface area contributed by atoms with E-state index >= 15 is 0 Å². The number of aromatic nitrogens is 1. The molecule has 1 aromatic carbocycles. The molecule has 2 heterocycles. The lowest BCUT2D eigenvalue weighted by atomic mass is 10.2. The highest BCUT2D eigenvalue weighted by Crippen LogP contribution is 2.30. The van der Waals surface area contributed by atoms with Gasteiger partial charge in [-0.3, -0.25) is 4.99 Å². The van der Waals surface area contributed by atoms with Crippen LogP contribution in [0.15, 0.2) is 34.6 Å². The van der Waals surface area contributed by atoms with Crippen LogP contribution in [0.1, 0.15) is 17.1 Å². The fourth-order valence-corrected chi connectivity index (χ4v) is 3.38. The number of fused-ring (bicyclic) bond motifs is 1. The second kappa shape index (κ2) is 8.71. The molecule has 0 radical (unpaired) electrons. The van der Waals surface area contributed by atoms with Crippen LogP contribution >= 0.6 is 11.3 Å². The maximum Gasteiger partial charge on any atom is 0.191 e. The van der Waals surface area contributed by atoms with Gasteiger partial charge in [-0.05, 0) is 25.5 Å². The van der Waals surface area contributed by atoms with Gasteiger partial charge in [-0.15, -0.1) is 11.3 Å². The number of thiazole rings is 1. The summed E-state index contributed by atoms with van der Waals surface area (Å²) in [4.78, 5) is 8.73. The first-order valence-corrected chi connectivity index (χ1v) is 9.36. The fraction of sp³-hybridized carbons (Fsp3) is 0.444. The van der Waals surface area contributed by atoms with Gasteiger partial charge in [-0.1, -0.05) is 12.1 Å².